The lowest BCUT2D eigenvalue weighted by atomic mass is 9.96. The Morgan fingerprint density at radius 3 is 2.62 bits per heavy atom. The van der Waals surface area contributed by atoms with E-state index in [4.69, 9.17) is 16.6 Å². The van der Waals surface area contributed by atoms with Crippen molar-refractivity contribution in [3.05, 3.63) is 69.7 Å². The lowest BCUT2D eigenvalue weighted by Crippen LogP contribution is -1.99. The first-order valence-corrected chi connectivity index (χ1v) is 11.3. The first-order chi connectivity index (χ1) is 14.1. The van der Waals surface area contributed by atoms with E-state index in [1.165, 1.54) is 23.7 Å². The standard InChI is InChI=1S/C23H25ClF2N2S/c1-2-7-17(9-5-3-4-8-16-12-13-20(25)21(26)14-16)23-27-22(28-29-23)18-10-6-11-19(24)15-18/h6,10-15,17H,2-5,7-9H2,1H3. The number of rotatable bonds is 10. The number of aromatic nitrogens is 2. The first-order valence-electron chi connectivity index (χ1n) is 10.1. The molecule has 3 aromatic rings. The summed E-state index contributed by atoms with van der Waals surface area (Å²) in [4.78, 5) is 4.78. The van der Waals surface area contributed by atoms with E-state index in [1.807, 2.05) is 24.3 Å². The van der Waals surface area contributed by atoms with Crippen molar-refractivity contribution in [2.75, 3.05) is 0 Å². The second-order valence-electron chi connectivity index (χ2n) is 7.30. The summed E-state index contributed by atoms with van der Waals surface area (Å²) in [7, 11) is 0. The van der Waals surface area contributed by atoms with E-state index in [2.05, 4.69) is 11.3 Å². The van der Waals surface area contributed by atoms with Gasteiger partial charge in [0.15, 0.2) is 17.5 Å². The predicted octanol–water partition coefficient (Wildman–Crippen LogP) is 7.82. The minimum atomic E-state index is -0.787. The quantitative estimate of drug-likeness (QED) is 0.304. The van der Waals surface area contributed by atoms with E-state index in [0.717, 1.165) is 66.9 Å². The Balaban J connectivity index is 1.51. The Morgan fingerprint density at radius 1 is 1.00 bits per heavy atom. The second kappa shape index (κ2) is 10.8. The number of aryl methyl sites for hydroxylation is 1. The van der Waals surface area contributed by atoms with E-state index in [9.17, 15) is 8.78 Å². The number of nitrogens with zero attached hydrogens (tertiary/aromatic N) is 2. The van der Waals surface area contributed by atoms with Crippen LogP contribution in [0.25, 0.3) is 11.4 Å². The molecule has 0 fully saturated rings. The zero-order chi connectivity index (χ0) is 20.6. The third-order valence-corrected chi connectivity index (χ3v) is 6.12. The largest absolute Gasteiger partial charge is 0.219 e. The topological polar surface area (TPSA) is 25.8 Å². The number of hydrogen-bond acceptors (Lipinski definition) is 3. The molecule has 154 valence electrons. The third kappa shape index (κ3) is 6.31. The highest BCUT2D eigenvalue weighted by Gasteiger charge is 2.17. The monoisotopic (exact) mass is 434 g/mol. The zero-order valence-electron chi connectivity index (χ0n) is 16.5. The van der Waals surface area contributed by atoms with Crippen molar-refractivity contribution >= 4 is 23.1 Å². The maximum Gasteiger partial charge on any atom is 0.173 e. The SMILES string of the molecule is CCCC(CCCCCc1ccc(F)c(F)c1)c1nc(-c2cccc(Cl)c2)ns1. The highest BCUT2D eigenvalue weighted by molar-refractivity contribution is 7.05. The number of halogens is 3. The molecule has 0 radical (unpaired) electrons. The number of benzene rings is 2. The molecule has 0 aliphatic rings. The van der Waals surface area contributed by atoms with Crippen LogP contribution >= 0.6 is 23.1 Å². The van der Waals surface area contributed by atoms with Gasteiger partial charge in [0.05, 0.1) is 0 Å². The predicted molar refractivity (Wildman–Crippen MR) is 117 cm³/mol. The zero-order valence-corrected chi connectivity index (χ0v) is 18.1. The smallest absolute Gasteiger partial charge is 0.173 e. The van der Waals surface area contributed by atoms with Crippen LogP contribution in [0.4, 0.5) is 8.78 Å². The van der Waals surface area contributed by atoms with Crippen molar-refractivity contribution in [1.29, 1.82) is 0 Å². The van der Waals surface area contributed by atoms with Crippen molar-refractivity contribution in [3.63, 3.8) is 0 Å². The number of unbranched alkanes of at least 4 members (excludes halogenated alkanes) is 2. The average Bonchev–Trinajstić information content (AvgIpc) is 3.20. The molecule has 3 rings (SSSR count). The Hall–Kier alpha value is -1.85. The van der Waals surface area contributed by atoms with Crippen LogP contribution in [0.1, 0.15) is 61.9 Å². The van der Waals surface area contributed by atoms with Crippen molar-refractivity contribution < 1.29 is 8.78 Å². The Bertz CT molecular complexity index is 929. The maximum absolute atomic E-state index is 13.3. The molecule has 6 heteroatoms. The molecule has 2 aromatic carbocycles. The molecule has 1 heterocycles. The fraction of sp³-hybridized carbons (Fsp3) is 0.391. The maximum atomic E-state index is 13.3. The normalized spacial score (nSPS) is 12.3. The minimum absolute atomic E-state index is 0.411. The van der Waals surface area contributed by atoms with Gasteiger partial charge in [0, 0.05) is 16.5 Å². The van der Waals surface area contributed by atoms with Gasteiger partial charge in [-0.3, -0.25) is 0 Å². The summed E-state index contributed by atoms with van der Waals surface area (Å²) in [6, 6.07) is 11.8. The molecular formula is C23H25ClF2N2S. The Morgan fingerprint density at radius 2 is 1.86 bits per heavy atom. The molecule has 0 bridgehead atoms. The van der Waals surface area contributed by atoms with Gasteiger partial charge in [-0.05, 0) is 67.0 Å². The van der Waals surface area contributed by atoms with Crippen LogP contribution in [-0.2, 0) is 6.42 Å². The molecule has 0 saturated heterocycles. The summed E-state index contributed by atoms with van der Waals surface area (Å²) in [5.74, 6) is -0.400. The van der Waals surface area contributed by atoms with Crippen LogP contribution in [0.15, 0.2) is 42.5 Å². The first kappa shape index (κ1) is 21.8. The molecule has 0 N–H and O–H groups in total. The van der Waals surface area contributed by atoms with Crippen LogP contribution < -0.4 is 0 Å². The fourth-order valence-corrected chi connectivity index (χ4v) is 4.51. The van der Waals surface area contributed by atoms with Crippen LogP contribution in [0.5, 0.6) is 0 Å². The average molecular weight is 435 g/mol. The number of hydrogen-bond donors (Lipinski definition) is 0. The van der Waals surface area contributed by atoms with Crippen LogP contribution in [0, 0.1) is 11.6 Å². The molecule has 0 saturated carbocycles. The molecule has 1 unspecified atom stereocenters. The van der Waals surface area contributed by atoms with Crippen molar-refractivity contribution in [2.24, 2.45) is 0 Å². The van der Waals surface area contributed by atoms with Crippen LogP contribution in [0.2, 0.25) is 5.02 Å². The summed E-state index contributed by atoms with van der Waals surface area (Å²) >= 11 is 7.56. The van der Waals surface area contributed by atoms with Gasteiger partial charge in [-0.2, -0.15) is 4.37 Å². The van der Waals surface area contributed by atoms with Gasteiger partial charge >= 0.3 is 0 Å². The summed E-state index contributed by atoms with van der Waals surface area (Å²) < 4.78 is 30.8. The van der Waals surface area contributed by atoms with Gasteiger partial charge in [-0.1, -0.05) is 56.0 Å². The van der Waals surface area contributed by atoms with Crippen LogP contribution in [0.3, 0.4) is 0 Å². The van der Waals surface area contributed by atoms with Crippen molar-refractivity contribution in [2.45, 2.75) is 57.8 Å². The van der Waals surface area contributed by atoms with Gasteiger partial charge in [0.25, 0.3) is 0 Å². The Kier molecular flexibility index (Phi) is 8.13. The van der Waals surface area contributed by atoms with Gasteiger partial charge in [0.2, 0.25) is 0 Å². The molecule has 2 nitrogen and oxygen atoms in total. The molecule has 0 spiro atoms. The van der Waals surface area contributed by atoms with Gasteiger partial charge in [-0.15, -0.1) is 0 Å². The lowest BCUT2D eigenvalue weighted by molar-refractivity contribution is 0.505. The van der Waals surface area contributed by atoms with Crippen molar-refractivity contribution in [1.82, 2.24) is 9.36 Å². The van der Waals surface area contributed by atoms with E-state index in [-0.39, 0.29) is 0 Å². The summed E-state index contributed by atoms with van der Waals surface area (Å²) in [6.07, 6.45) is 7.13. The summed E-state index contributed by atoms with van der Waals surface area (Å²) in [5.41, 5.74) is 1.80. The molecule has 1 atom stereocenters. The summed E-state index contributed by atoms with van der Waals surface area (Å²) in [5, 5.41) is 1.77. The molecule has 1 aromatic heterocycles. The minimum Gasteiger partial charge on any atom is -0.219 e. The van der Waals surface area contributed by atoms with E-state index < -0.39 is 11.6 Å². The molecule has 0 amide bonds. The molecular weight excluding hydrogens is 410 g/mol. The highest BCUT2D eigenvalue weighted by Crippen LogP contribution is 2.31. The van der Waals surface area contributed by atoms with E-state index >= 15 is 0 Å². The molecule has 0 aliphatic carbocycles. The van der Waals surface area contributed by atoms with Crippen LogP contribution in [-0.4, -0.2) is 9.36 Å². The molecule has 0 aliphatic heterocycles. The van der Waals surface area contributed by atoms with Gasteiger partial charge in [0.1, 0.15) is 5.01 Å². The second-order valence-corrected chi connectivity index (χ2v) is 8.52. The van der Waals surface area contributed by atoms with Gasteiger partial charge < -0.3 is 0 Å². The summed E-state index contributed by atoms with van der Waals surface area (Å²) in [6.45, 7) is 2.19. The fourth-order valence-electron chi connectivity index (χ4n) is 3.48. The lowest BCUT2D eigenvalue weighted by Gasteiger charge is -2.12. The van der Waals surface area contributed by atoms with E-state index in [1.54, 1.807) is 6.07 Å². The highest BCUT2D eigenvalue weighted by atomic mass is 35.5. The Labute approximate surface area is 180 Å². The van der Waals surface area contributed by atoms with E-state index in [0.29, 0.717) is 10.9 Å². The molecule has 29 heavy (non-hydrogen) atoms. The van der Waals surface area contributed by atoms with Gasteiger partial charge in [-0.25, -0.2) is 13.8 Å². The van der Waals surface area contributed by atoms with Crippen molar-refractivity contribution in [3.8, 4) is 11.4 Å². The third-order valence-electron chi connectivity index (χ3n) is 5.01.